The molecule has 1 unspecified atom stereocenters. The largest absolute Gasteiger partial charge is 0.372 e. The van der Waals surface area contributed by atoms with Crippen molar-refractivity contribution in [1.29, 1.82) is 0 Å². The van der Waals surface area contributed by atoms with Gasteiger partial charge >= 0.3 is 0 Å². The first kappa shape index (κ1) is 23.8. The molecule has 1 N–H and O–H groups in total. The Kier molecular flexibility index (Phi) is 7.35. The highest BCUT2D eigenvalue weighted by atomic mass is 35.5. The molecule has 35 heavy (non-hydrogen) atoms. The van der Waals surface area contributed by atoms with Crippen LogP contribution >= 0.6 is 11.6 Å². The van der Waals surface area contributed by atoms with Crippen LogP contribution in [0, 0.1) is 5.92 Å². The second-order valence-electron chi connectivity index (χ2n) is 9.56. The van der Waals surface area contributed by atoms with Gasteiger partial charge in [0.25, 0.3) is 0 Å². The predicted molar refractivity (Wildman–Crippen MR) is 137 cm³/mol. The summed E-state index contributed by atoms with van der Waals surface area (Å²) in [5.41, 5.74) is 3.18. The Morgan fingerprint density at radius 1 is 1.09 bits per heavy atom. The van der Waals surface area contributed by atoms with Crippen molar-refractivity contribution in [1.82, 2.24) is 20.4 Å². The van der Waals surface area contributed by atoms with Crippen LogP contribution in [0.2, 0.25) is 5.02 Å². The van der Waals surface area contributed by atoms with E-state index in [9.17, 15) is 4.79 Å². The molecule has 3 heterocycles. The minimum absolute atomic E-state index is 0.00483. The highest BCUT2D eigenvalue weighted by Gasteiger charge is 2.27. The topological polar surface area (TPSA) is 74.5 Å². The van der Waals surface area contributed by atoms with Gasteiger partial charge in [-0.2, -0.15) is 4.98 Å². The number of likely N-dealkylation sites (tertiary alicyclic amines) is 1. The molecule has 0 spiro atoms. The smallest absolute Gasteiger partial charge is 0.241 e. The summed E-state index contributed by atoms with van der Waals surface area (Å²) in [5.74, 6) is 1.23. The third kappa shape index (κ3) is 5.68. The summed E-state index contributed by atoms with van der Waals surface area (Å²) in [6.45, 7) is 6.55. The second-order valence-corrected chi connectivity index (χ2v) is 9.97. The van der Waals surface area contributed by atoms with Gasteiger partial charge < -0.3 is 14.7 Å². The minimum Gasteiger partial charge on any atom is -0.372 e. The van der Waals surface area contributed by atoms with Gasteiger partial charge in [0.15, 0.2) is 0 Å². The molecule has 5 rings (SSSR count). The zero-order valence-electron chi connectivity index (χ0n) is 20.1. The Hall–Kier alpha value is -2.90. The molecule has 1 amide bonds. The van der Waals surface area contributed by atoms with E-state index in [1.54, 1.807) is 0 Å². The van der Waals surface area contributed by atoms with Gasteiger partial charge in [0, 0.05) is 30.3 Å². The van der Waals surface area contributed by atoms with Crippen LogP contribution in [0.15, 0.2) is 53.1 Å². The number of carbonyl (C=O) groups excluding carboxylic acids is 1. The number of rotatable bonds is 7. The monoisotopic (exact) mass is 493 g/mol. The Morgan fingerprint density at radius 2 is 1.80 bits per heavy atom. The van der Waals surface area contributed by atoms with E-state index in [4.69, 9.17) is 16.1 Å². The number of carbonyl (C=O) groups is 1. The molecule has 2 saturated heterocycles. The van der Waals surface area contributed by atoms with E-state index in [0.29, 0.717) is 23.3 Å². The number of benzene rings is 2. The Labute approximate surface area is 211 Å². The van der Waals surface area contributed by atoms with Crippen molar-refractivity contribution in [2.45, 2.75) is 45.2 Å². The number of amides is 1. The first-order valence-corrected chi connectivity index (χ1v) is 12.9. The van der Waals surface area contributed by atoms with Gasteiger partial charge in [-0.05, 0) is 75.5 Å². The van der Waals surface area contributed by atoms with E-state index in [1.807, 2.05) is 24.3 Å². The van der Waals surface area contributed by atoms with Crippen molar-refractivity contribution < 1.29 is 9.32 Å². The molecule has 2 aromatic carbocycles. The molecule has 0 bridgehead atoms. The Balaban J connectivity index is 1.09. The molecule has 2 aliphatic rings. The number of piperidine rings is 1. The first-order valence-electron chi connectivity index (χ1n) is 12.5. The lowest BCUT2D eigenvalue weighted by atomic mass is 9.95. The molecule has 3 aromatic rings. The molecule has 2 aliphatic heterocycles. The number of nitrogens with one attached hydrogen (secondary N) is 1. The van der Waals surface area contributed by atoms with Crippen LogP contribution in [0.4, 0.5) is 5.69 Å². The van der Waals surface area contributed by atoms with Crippen molar-refractivity contribution in [2.75, 3.05) is 31.1 Å². The van der Waals surface area contributed by atoms with Crippen molar-refractivity contribution in [3.63, 3.8) is 0 Å². The third-order valence-electron chi connectivity index (χ3n) is 7.12. The zero-order chi connectivity index (χ0) is 24.2. The van der Waals surface area contributed by atoms with E-state index < -0.39 is 0 Å². The predicted octanol–water partition coefficient (Wildman–Crippen LogP) is 5.08. The maximum atomic E-state index is 12.9. The average Bonchev–Trinajstić information content (AvgIpc) is 3.58. The lowest BCUT2D eigenvalue weighted by molar-refractivity contribution is -0.127. The number of nitrogens with zero attached hydrogens (tertiary/aromatic N) is 4. The number of hydrogen-bond donors (Lipinski definition) is 1. The molecule has 0 radical (unpaired) electrons. The van der Waals surface area contributed by atoms with Crippen LogP contribution in [0.1, 0.15) is 50.1 Å². The molecular weight excluding hydrogens is 462 g/mol. The maximum absolute atomic E-state index is 12.9. The summed E-state index contributed by atoms with van der Waals surface area (Å²) in [5, 5.41) is 7.90. The van der Waals surface area contributed by atoms with Crippen molar-refractivity contribution in [3.8, 4) is 11.4 Å². The Bertz CT molecular complexity index is 1130. The number of anilines is 1. The van der Waals surface area contributed by atoms with Crippen molar-refractivity contribution in [2.24, 2.45) is 5.92 Å². The fourth-order valence-corrected chi connectivity index (χ4v) is 5.20. The van der Waals surface area contributed by atoms with Gasteiger partial charge in [-0.25, -0.2) is 0 Å². The van der Waals surface area contributed by atoms with Crippen LogP contribution in [-0.4, -0.2) is 47.1 Å². The van der Waals surface area contributed by atoms with Crippen LogP contribution in [0.5, 0.6) is 0 Å². The summed E-state index contributed by atoms with van der Waals surface area (Å²) in [6, 6.07) is 16.1. The maximum Gasteiger partial charge on any atom is 0.241 e. The van der Waals surface area contributed by atoms with Gasteiger partial charge in [0.05, 0.1) is 17.6 Å². The molecule has 0 aliphatic carbocycles. The van der Waals surface area contributed by atoms with Crippen molar-refractivity contribution >= 4 is 23.2 Å². The van der Waals surface area contributed by atoms with Crippen molar-refractivity contribution in [3.05, 3.63) is 65.0 Å². The summed E-state index contributed by atoms with van der Waals surface area (Å²) < 4.78 is 5.45. The summed E-state index contributed by atoms with van der Waals surface area (Å²) in [6.07, 6.45) is 4.17. The molecular formula is C27H32ClN5O2. The van der Waals surface area contributed by atoms with E-state index in [2.05, 4.69) is 56.4 Å². The lowest BCUT2D eigenvalue weighted by Gasteiger charge is -2.31. The van der Waals surface area contributed by atoms with Crippen LogP contribution in [-0.2, 0) is 11.3 Å². The van der Waals surface area contributed by atoms with Gasteiger partial charge in [-0.1, -0.05) is 41.0 Å². The normalized spacial score (nSPS) is 18.1. The minimum atomic E-state index is -0.00483. The summed E-state index contributed by atoms with van der Waals surface area (Å²) in [7, 11) is 0. The van der Waals surface area contributed by atoms with Crippen LogP contribution in [0.3, 0.4) is 0 Å². The molecule has 184 valence electrons. The summed E-state index contributed by atoms with van der Waals surface area (Å²) in [4.78, 5) is 22.1. The van der Waals surface area contributed by atoms with E-state index in [0.717, 1.165) is 50.1 Å². The number of hydrogen-bond acceptors (Lipinski definition) is 6. The highest BCUT2D eigenvalue weighted by molar-refractivity contribution is 6.33. The zero-order valence-corrected chi connectivity index (χ0v) is 20.9. The first-order chi connectivity index (χ1) is 17.1. The fourth-order valence-electron chi connectivity index (χ4n) is 4.98. The lowest BCUT2D eigenvalue weighted by Crippen LogP contribution is -2.40. The standard InChI is InChI=1S/C27H32ClN5O2/c1-19(20-8-10-22(11-9-20)33-14-4-5-15-33)29-27(34)21-12-16-32(17-13-21)18-25-30-26(31-35-25)23-6-2-3-7-24(23)28/h2-3,6-11,19,21H,4-5,12-18H2,1H3,(H,29,34). The fraction of sp³-hybridized carbons (Fsp3) is 0.444. The van der Waals surface area contributed by atoms with Crippen LogP contribution < -0.4 is 10.2 Å². The second kappa shape index (κ2) is 10.8. The Morgan fingerprint density at radius 3 is 2.51 bits per heavy atom. The highest BCUT2D eigenvalue weighted by Crippen LogP contribution is 2.27. The van der Waals surface area contributed by atoms with E-state index in [-0.39, 0.29) is 17.9 Å². The van der Waals surface area contributed by atoms with Gasteiger partial charge in [0.2, 0.25) is 17.6 Å². The molecule has 7 nitrogen and oxygen atoms in total. The number of halogens is 1. The van der Waals surface area contributed by atoms with Gasteiger partial charge in [-0.3, -0.25) is 9.69 Å². The number of aromatic nitrogens is 2. The molecule has 1 aromatic heterocycles. The van der Waals surface area contributed by atoms with Crippen LogP contribution in [0.25, 0.3) is 11.4 Å². The summed E-state index contributed by atoms with van der Waals surface area (Å²) >= 11 is 6.24. The quantitative estimate of drug-likeness (QED) is 0.494. The molecule has 2 fully saturated rings. The molecule has 0 saturated carbocycles. The molecule has 8 heteroatoms. The van der Waals surface area contributed by atoms with Gasteiger partial charge in [0.1, 0.15) is 0 Å². The van der Waals surface area contributed by atoms with E-state index >= 15 is 0 Å². The van der Waals surface area contributed by atoms with E-state index in [1.165, 1.54) is 18.5 Å². The van der Waals surface area contributed by atoms with Gasteiger partial charge in [-0.15, -0.1) is 0 Å². The third-order valence-corrected chi connectivity index (χ3v) is 7.45. The average molecular weight is 494 g/mol. The molecule has 1 atom stereocenters. The SMILES string of the molecule is CC(NC(=O)C1CCN(Cc2nc(-c3ccccc3Cl)no2)CC1)c1ccc(N2CCCC2)cc1.